The maximum absolute atomic E-state index is 12.7. The number of nitrogens with zero attached hydrogens (tertiary/aromatic N) is 2. The molecule has 0 unspecified atom stereocenters. The molecule has 0 aliphatic heterocycles. The lowest BCUT2D eigenvalue weighted by Gasteiger charge is -2.17. The molecule has 1 atom stereocenters. The molecule has 1 aromatic heterocycles. The lowest BCUT2D eigenvalue weighted by atomic mass is 9.99. The van der Waals surface area contributed by atoms with Crippen molar-refractivity contribution in [3.8, 4) is 11.1 Å². The van der Waals surface area contributed by atoms with E-state index in [1.807, 2.05) is 60.7 Å². The van der Waals surface area contributed by atoms with Crippen LogP contribution in [0.1, 0.15) is 47.4 Å². The van der Waals surface area contributed by atoms with E-state index >= 15 is 0 Å². The van der Waals surface area contributed by atoms with E-state index in [-0.39, 0.29) is 5.91 Å². The maximum atomic E-state index is 12.7. The van der Waals surface area contributed by atoms with Gasteiger partial charge in [-0.1, -0.05) is 55.8 Å². The van der Waals surface area contributed by atoms with Crippen molar-refractivity contribution in [2.75, 3.05) is 7.05 Å². The molecule has 1 amide bonds. The first-order valence-electron chi connectivity index (χ1n) is 9.61. The zero-order valence-electron chi connectivity index (χ0n) is 16.4. The molecular formula is C24H26N2O2. The summed E-state index contributed by atoms with van der Waals surface area (Å²) in [4.78, 5) is 18.4. The lowest BCUT2D eigenvalue weighted by molar-refractivity contribution is 0.0785. The second-order valence-electron chi connectivity index (χ2n) is 7.03. The Hall–Kier alpha value is -2.98. The monoisotopic (exact) mass is 374 g/mol. The van der Waals surface area contributed by atoms with Gasteiger partial charge >= 0.3 is 0 Å². The molecule has 0 aliphatic rings. The number of hydrogen-bond acceptors (Lipinski definition) is 3. The Kier molecular flexibility index (Phi) is 6.56. The highest BCUT2D eigenvalue weighted by Crippen LogP contribution is 2.24. The fourth-order valence-electron chi connectivity index (χ4n) is 3.20. The van der Waals surface area contributed by atoms with Gasteiger partial charge in [0, 0.05) is 31.5 Å². The zero-order valence-corrected chi connectivity index (χ0v) is 16.4. The van der Waals surface area contributed by atoms with Crippen LogP contribution in [0.2, 0.25) is 0 Å². The molecule has 144 valence electrons. The van der Waals surface area contributed by atoms with E-state index in [9.17, 15) is 9.90 Å². The third kappa shape index (κ3) is 4.84. The van der Waals surface area contributed by atoms with Gasteiger partial charge in [0.25, 0.3) is 5.91 Å². The fourth-order valence-corrected chi connectivity index (χ4v) is 3.20. The number of hydrogen-bond donors (Lipinski definition) is 1. The molecule has 4 heteroatoms. The van der Waals surface area contributed by atoms with Crippen LogP contribution < -0.4 is 0 Å². The van der Waals surface area contributed by atoms with Crippen molar-refractivity contribution in [2.45, 2.75) is 32.4 Å². The van der Waals surface area contributed by atoms with Crippen molar-refractivity contribution < 1.29 is 9.90 Å². The van der Waals surface area contributed by atoms with Crippen LogP contribution in [-0.2, 0) is 6.54 Å². The van der Waals surface area contributed by atoms with Crippen LogP contribution in [0.4, 0.5) is 0 Å². The highest BCUT2D eigenvalue weighted by molar-refractivity contribution is 5.94. The van der Waals surface area contributed by atoms with E-state index in [1.54, 1.807) is 24.3 Å². The van der Waals surface area contributed by atoms with Crippen LogP contribution in [0.5, 0.6) is 0 Å². The second-order valence-corrected chi connectivity index (χ2v) is 7.03. The van der Waals surface area contributed by atoms with Gasteiger partial charge in [-0.3, -0.25) is 9.78 Å². The number of amides is 1. The summed E-state index contributed by atoms with van der Waals surface area (Å²) in [5.41, 5.74) is 4.71. The zero-order chi connectivity index (χ0) is 19.9. The lowest BCUT2D eigenvalue weighted by Crippen LogP contribution is -2.26. The first-order chi connectivity index (χ1) is 13.6. The summed E-state index contributed by atoms with van der Waals surface area (Å²) in [6.07, 6.45) is 4.81. The van der Waals surface area contributed by atoms with E-state index in [4.69, 9.17) is 0 Å². The van der Waals surface area contributed by atoms with Gasteiger partial charge < -0.3 is 10.0 Å². The van der Waals surface area contributed by atoms with Gasteiger partial charge in [0.2, 0.25) is 0 Å². The van der Waals surface area contributed by atoms with Gasteiger partial charge in [0.15, 0.2) is 0 Å². The van der Waals surface area contributed by atoms with E-state index in [2.05, 4.69) is 11.9 Å². The Morgan fingerprint density at radius 2 is 1.68 bits per heavy atom. The number of carbonyl (C=O) groups is 1. The summed E-state index contributed by atoms with van der Waals surface area (Å²) in [5.74, 6) is -0.0200. The SMILES string of the molecule is CCC[C@H](O)c1ccc(-c2ccc(C(=O)N(C)Cc3cccnc3)cc2)cc1. The van der Waals surface area contributed by atoms with Gasteiger partial charge in [0.05, 0.1) is 6.10 Å². The quantitative estimate of drug-likeness (QED) is 0.643. The smallest absolute Gasteiger partial charge is 0.253 e. The van der Waals surface area contributed by atoms with E-state index in [0.29, 0.717) is 12.1 Å². The first-order valence-corrected chi connectivity index (χ1v) is 9.61. The number of pyridine rings is 1. The molecule has 1 heterocycles. The van der Waals surface area contributed by atoms with Crippen molar-refractivity contribution in [3.05, 3.63) is 89.7 Å². The fraction of sp³-hybridized carbons (Fsp3) is 0.250. The standard InChI is InChI=1S/C24H26N2O2/c1-3-5-23(27)21-11-7-19(8-12-21)20-9-13-22(14-10-20)24(28)26(2)17-18-6-4-15-25-16-18/h4,6-16,23,27H,3,5,17H2,1-2H3/t23-/m0/s1. The molecule has 28 heavy (non-hydrogen) atoms. The molecule has 0 saturated heterocycles. The summed E-state index contributed by atoms with van der Waals surface area (Å²) in [7, 11) is 1.80. The average Bonchev–Trinajstić information content (AvgIpc) is 2.74. The van der Waals surface area contributed by atoms with E-state index < -0.39 is 6.10 Å². The Morgan fingerprint density at radius 1 is 1.04 bits per heavy atom. The molecule has 2 aromatic carbocycles. The summed E-state index contributed by atoms with van der Waals surface area (Å²) in [5, 5.41) is 10.1. The number of rotatable bonds is 7. The molecule has 0 radical (unpaired) electrons. The Morgan fingerprint density at radius 3 is 2.25 bits per heavy atom. The van der Waals surface area contributed by atoms with Crippen molar-refractivity contribution in [3.63, 3.8) is 0 Å². The first kappa shape index (κ1) is 19.8. The van der Waals surface area contributed by atoms with Crippen LogP contribution in [0.15, 0.2) is 73.1 Å². The molecule has 4 nitrogen and oxygen atoms in total. The van der Waals surface area contributed by atoms with Gasteiger partial charge in [-0.25, -0.2) is 0 Å². The summed E-state index contributed by atoms with van der Waals surface area (Å²) < 4.78 is 0. The normalized spacial score (nSPS) is 11.8. The minimum Gasteiger partial charge on any atom is -0.388 e. The molecule has 3 aromatic rings. The van der Waals surface area contributed by atoms with Crippen LogP contribution in [-0.4, -0.2) is 27.9 Å². The summed E-state index contributed by atoms with van der Waals surface area (Å²) in [6, 6.07) is 19.4. The number of carbonyl (C=O) groups excluding carboxylic acids is 1. The Bertz CT molecular complexity index is 890. The van der Waals surface area contributed by atoms with E-state index in [0.717, 1.165) is 35.1 Å². The average molecular weight is 374 g/mol. The van der Waals surface area contributed by atoms with Crippen LogP contribution in [0.3, 0.4) is 0 Å². The Balaban J connectivity index is 1.68. The van der Waals surface area contributed by atoms with Gasteiger partial charge in [-0.05, 0) is 46.9 Å². The summed E-state index contributed by atoms with van der Waals surface area (Å²) >= 11 is 0. The molecule has 3 rings (SSSR count). The number of aliphatic hydroxyl groups excluding tert-OH is 1. The summed E-state index contributed by atoms with van der Waals surface area (Å²) in [6.45, 7) is 2.59. The van der Waals surface area contributed by atoms with Crippen molar-refractivity contribution in [1.29, 1.82) is 0 Å². The van der Waals surface area contributed by atoms with Crippen molar-refractivity contribution >= 4 is 5.91 Å². The molecule has 0 bridgehead atoms. The number of benzene rings is 2. The third-order valence-corrected chi connectivity index (χ3v) is 4.81. The minimum absolute atomic E-state index is 0.0200. The van der Waals surface area contributed by atoms with Crippen molar-refractivity contribution in [2.24, 2.45) is 0 Å². The van der Waals surface area contributed by atoms with Crippen LogP contribution in [0.25, 0.3) is 11.1 Å². The van der Waals surface area contributed by atoms with Crippen LogP contribution in [0, 0.1) is 0 Å². The predicted molar refractivity (Wildman–Crippen MR) is 112 cm³/mol. The largest absolute Gasteiger partial charge is 0.388 e. The van der Waals surface area contributed by atoms with Crippen molar-refractivity contribution in [1.82, 2.24) is 9.88 Å². The van der Waals surface area contributed by atoms with Crippen LogP contribution >= 0.6 is 0 Å². The van der Waals surface area contributed by atoms with Gasteiger partial charge in [0.1, 0.15) is 0 Å². The molecule has 1 N–H and O–H groups in total. The maximum Gasteiger partial charge on any atom is 0.253 e. The van der Waals surface area contributed by atoms with E-state index in [1.165, 1.54) is 0 Å². The van der Waals surface area contributed by atoms with Gasteiger partial charge in [-0.15, -0.1) is 0 Å². The third-order valence-electron chi connectivity index (χ3n) is 4.81. The predicted octanol–water partition coefficient (Wildman–Crippen LogP) is 4.85. The number of aromatic nitrogens is 1. The molecule has 0 aliphatic carbocycles. The molecule has 0 spiro atoms. The highest BCUT2D eigenvalue weighted by Gasteiger charge is 2.12. The van der Waals surface area contributed by atoms with Gasteiger partial charge in [-0.2, -0.15) is 0 Å². The molecular weight excluding hydrogens is 348 g/mol. The second kappa shape index (κ2) is 9.29. The molecule has 0 saturated carbocycles. The number of aliphatic hydroxyl groups is 1. The molecule has 0 fully saturated rings. The minimum atomic E-state index is -0.408. The topological polar surface area (TPSA) is 53.4 Å². The highest BCUT2D eigenvalue weighted by atomic mass is 16.3. The Labute approximate surface area is 166 Å².